The quantitative estimate of drug-likeness (QED) is 0.760. The second kappa shape index (κ2) is 8.32. The molecule has 0 aliphatic carbocycles. The summed E-state index contributed by atoms with van der Waals surface area (Å²) in [5.74, 6) is -1.64. The highest BCUT2D eigenvalue weighted by molar-refractivity contribution is 5.88. The summed E-state index contributed by atoms with van der Waals surface area (Å²) < 4.78 is 4.86. The first-order valence-electron chi connectivity index (χ1n) is 6.67. The first kappa shape index (κ1) is 16.2. The Morgan fingerprint density at radius 3 is 2.45 bits per heavy atom. The lowest BCUT2D eigenvalue weighted by molar-refractivity contribution is -0.142. The van der Waals surface area contributed by atoms with Crippen LogP contribution in [0, 0.1) is 0 Å². The molecule has 2 atom stereocenters. The van der Waals surface area contributed by atoms with Crippen molar-refractivity contribution in [2.24, 2.45) is 0 Å². The highest BCUT2D eigenvalue weighted by Crippen LogP contribution is 2.19. The molecule has 0 fully saturated rings. The molecule has 1 aromatic carbocycles. The van der Waals surface area contributed by atoms with Crippen molar-refractivity contribution in [1.82, 2.24) is 5.32 Å². The maximum absolute atomic E-state index is 12.2. The zero-order valence-electron chi connectivity index (χ0n) is 11.8. The Balaban J connectivity index is 2.73. The smallest absolute Gasteiger partial charge is 0.326 e. The number of carbonyl (C=O) groups excluding carboxylic acids is 1. The molecule has 2 N–H and O–H groups in total. The molecule has 2 unspecified atom stereocenters. The van der Waals surface area contributed by atoms with Gasteiger partial charge in [-0.05, 0) is 12.0 Å². The van der Waals surface area contributed by atoms with Crippen LogP contribution in [0.4, 0.5) is 0 Å². The molecule has 0 saturated carbocycles. The van der Waals surface area contributed by atoms with E-state index in [0.29, 0.717) is 13.0 Å². The van der Waals surface area contributed by atoms with E-state index in [1.165, 1.54) is 7.11 Å². The maximum Gasteiger partial charge on any atom is 0.326 e. The minimum absolute atomic E-state index is 0.253. The van der Waals surface area contributed by atoms with Gasteiger partial charge in [0.2, 0.25) is 5.91 Å². The number of hydrogen-bond acceptors (Lipinski definition) is 3. The summed E-state index contributed by atoms with van der Waals surface area (Å²) in [5, 5.41) is 11.7. The lowest BCUT2D eigenvalue weighted by atomic mass is 9.95. The summed E-state index contributed by atoms with van der Waals surface area (Å²) in [5.41, 5.74) is 0.892. The van der Waals surface area contributed by atoms with Gasteiger partial charge in [0.1, 0.15) is 6.04 Å². The third-order valence-corrected chi connectivity index (χ3v) is 3.15. The number of methoxy groups -OCH3 is 1. The van der Waals surface area contributed by atoms with Crippen molar-refractivity contribution in [3.05, 3.63) is 35.9 Å². The number of hydrogen-bond donors (Lipinski definition) is 2. The molecule has 5 nitrogen and oxygen atoms in total. The Bertz CT molecular complexity index is 433. The predicted molar refractivity (Wildman–Crippen MR) is 75.5 cm³/mol. The lowest BCUT2D eigenvalue weighted by Gasteiger charge is -2.19. The van der Waals surface area contributed by atoms with Crippen LogP contribution in [0.3, 0.4) is 0 Å². The molecule has 0 aliphatic heterocycles. The van der Waals surface area contributed by atoms with Gasteiger partial charge in [-0.15, -0.1) is 0 Å². The standard InChI is InChI=1S/C15H21NO4/c1-3-12(11-7-5-4-6-8-11)14(17)16-13(15(18)19)9-10-20-2/h4-8,12-13H,3,9-10H2,1-2H3,(H,16,17)(H,18,19). The van der Waals surface area contributed by atoms with Gasteiger partial charge in [0.25, 0.3) is 0 Å². The maximum atomic E-state index is 12.2. The van der Waals surface area contributed by atoms with Crippen molar-refractivity contribution in [1.29, 1.82) is 0 Å². The SMILES string of the molecule is CCC(C(=O)NC(CCOC)C(=O)O)c1ccccc1. The molecule has 1 rings (SSSR count). The number of benzene rings is 1. The van der Waals surface area contributed by atoms with Crippen LogP contribution in [0.2, 0.25) is 0 Å². The lowest BCUT2D eigenvalue weighted by Crippen LogP contribution is -2.43. The van der Waals surface area contributed by atoms with Crippen molar-refractivity contribution in [3.63, 3.8) is 0 Å². The number of ether oxygens (including phenoxy) is 1. The summed E-state index contributed by atoms with van der Waals surface area (Å²) in [4.78, 5) is 23.4. The molecule has 110 valence electrons. The second-order valence-electron chi connectivity index (χ2n) is 4.55. The third kappa shape index (κ3) is 4.66. The van der Waals surface area contributed by atoms with Gasteiger partial charge in [0.05, 0.1) is 5.92 Å². The number of carboxylic acids is 1. The van der Waals surface area contributed by atoms with Crippen molar-refractivity contribution in [2.75, 3.05) is 13.7 Å². The molecule has 0 aromatic heterocycles. The van der Waals surface area contributed by atoms with E-state index in [1.807, 2.05) is 37.3 Å². The van der Waals surface area contributed by atoms with Crippen LogP contribution < -0.4 is 5.32 Å². The number of carbonyl (C=O) groups is 2. The normalized spacial score (nSPS) is 13.5. The molecule has 0 heterocycles. The van der Waals surface area contributed by atoms with Crippen LogP contribution in [0.15, 0.2) is 30.3 Å². The molecule has 1 aromatic rings. The zero-order chi connectivity index (χ0) is 15.0. The molecule has 1 amide bonds. The zero-order valence-corrected chi connectivity index (χ0v) is 11.8. The highest BCUT2D eigenvalue weighted by atomic mass is 16.5. The molecule has 5 heteroatoms. The molecule has 0 spiro atoms. The summed E-state index contributed by atoms with van der Waals surface area (Å²) in [7, 11) is 1.50. The van der Waals surface area contributed by atoms with Crippen molar-refractivity contribution in [3.8, 4) is 0 Å². The Labute approximate surface area is 118 Å². The Hall–Kier alpha value is -1.88. The van der Waals surface area contributed by atoms with E-state index in [1.54, 1.807) is 0 Å². The minimum atomic E-state index is -1.04. The number of aliphatic carboxylic acids is 1. The molecular formula is C15H21NO4. The van der Waals surface area contributed by atoms with E-state index in [4.69, 9.17) is 9.84 Å². The van der Waals surface area contributed by atoms with Crippen molar-refractivity contribution in [2.45, 2.75) is 31.7 Å². The van der Waals surface area contributed by atoms with Crippen LogP contribution in [0.5, 0.6) is 0 Å². The summed E-state index contributed by atoms with van der Waals surface area (Å²) in [6.07, 6.45) is 0.870. The van der Waals surface area contributed by atoms with Gasteiger partial charge in [-0.2, -0.15) is 0 Å². The fourth-order valence-corrected chi connectivity index (χ4v) is 2.02. The molecule has 20 heavy (non-hydrogen) atoms. The number of carboxylic acid groups (broad SMARTS) is 1. The fraction of sp³-hybridized carbons (Fsp3) is 0.467. The van der Waals surface area contributed by atoms with Crippen molar-refractivity contribution >= 4 is 11.9 Å². The molecule has 0 saturated heterocycles. The van der Waals surface area contributed by atoms with Gasteiger partial charge in [-0.25, -0.2) is 4.79 Å². The number of nitrogens with one attached hydrogen (secondary N) is 1. The van der Waals surface area contributed by atoms with Gasteiger partial charge in [0, 0.05) is 20.1 Å². The van der Waals surface area contributed by atoms with Crippen LogP contribution in [-0.4, -0.2) is 36.7 Å². The number of rotatable bonds is 8. The molecular weight excluding hydrogens is 258 g/mol. The van der Waals surface area contributed by atoms with Crippen LogP contribution in [0.1, 0.15) is 31.2 Å². The average molecular weight is 279 g/mol. The topological polar surface area (TPSA) is 75.6 Å². The second-order valence-corrected chi connectivity index (χ2v) is 4.55. The largest absolute Gasteiger partial charge is 0.480 e. The predicted octanol–water partition coefficient (Wildman–Crippen LogP) is 1.79. The molecule has 0 aliphatic rings. The van der Waals surface area contributed by atoms with E-state index in [9.17, 15) is 9.59 Å². The minimum Gasteiger partial charge on any atom is -0.480 e. The van der Waals surface area contributed by atoms with E-state index in [0.717, 1.165) is 5.56 Å². The summed E-state index contributed by atoms with van der Waals surface area (Å²) >= 11 is 0. The van der Waals surface area contributed by atoms with Gasteiger partial charge in [0.15, 0.2) is 0 Å². The first-order chi connectivity index (χ1) is 9.60. The monoisotopic (exact) mass is 279 g/mol. The van der Waals surface area contributed by atoms with E-state index in [2.05, 4.69) is 5.32 Å². The van der Waals surface area contributed by atoms with Crippen molar-refractivity contribution < 1.29 is 19.4 Å². The van der Waals surface area contributed by atoms with Gasteiger partial charge < -0.3 is 15.2 Å². The highest BCUT2D eigenvalue weighted by Gasteiger charge is 2.24. The van der Waals surface area contributed by atoms with E-state index >= 15 is 0 Å². The summed E-state index contributed by atoms with van der Waals surface area (Å²) in [6.45, 7) is 2.20. The van der Waals surface area contributed by atoms with Gasteiger partial charge in [-0.1, -0.05) is 37.3 Å². The van der Waals surface area contributed by atoms with Crippen LogP contribution >= 0.6 is 0 Å². The fourth-order valence-electron chi connectivity index (χ4n) is 2.02. The Morgan fingerprint density at radius 2 is 1.95 bits per heavy atom. The summed E-state index contributed by atoms with van der Waals surface area (Å²) in [6, 6.07) is 8.44. The van der Waals surface area contributed by atoms with Crippen LogP contribution in [0.25, 0.3) is 0 Å². The number of amides is 1. The third-order valence-electron chi connectivity index (χ3n) is 3.15. The first-order valence-corrected chi connectivity index (χ1v) is 6.67. The van der Waals surface area contributed by atoms with E-state index < -0.39 is 12.0 Å². The molecule has 0 radical (unpaired) electrons. The van der Waals surface area contributed by atoms with Crippen LogP contribution in [-0.2, 0) is 14.3 Å². The Morgan fingerprint density at radius 1 is 1.30 bits per heavy atom. The van der Waals surface area contributed by atoms with Gasteiger partial charge in [-0.3, -0.25) is 4.79 Å². The van der Waals surface area contributed by atoms with E-state index in [-0.39, 0.29) is 18.2 Å². The average Bonchev–Trinajstić information content (AvgIpc) is 2.45. The van der Waals surface area contributed by atoms with Gasteiger partial charge >= 0.3 is 5.97 Å². The molecule has 0 bridgehead atoms. The Kier molecular flexibility index (Phi) is 6.73.